The van der Waals surface area contributed by atoms with Crippen molar-refractivity contribution in [2.24, 2.45) is 0 Å². The van der Waals surface area contributed by atoms with Gasteiger partial charge < -0.3 is 10.4 Å². The summed E-state index contributed by atoms with van der Waals surface area (Å²) < 4.78 is 0. The highest BCUT2D eigenvalue weighted by molar-refractivity contribution is 8.00. The zero-order valence-corrected chi connectivity index (χ0v) is 9.66. The number of piperidine rings is 1. The number of nitrogens with one attached hydrogen (secondary N) is 1. The summed E-state index contributed by atoms with van der Waals surface area (Å²) in [7, 11) is 0. The Kier molecular flexibility index (Phi) is 4.07. The molecule has 3 heteroatoms. The Morgan fingerprint density at radius 3 is 2.92 bits per heavy atom. The highest BCUT2D eigenvalue weighted by atomic mass is 32.2. The third-order valence-electron chi connectivity index (χ3n) is 2.80. The normalized spacial score (nSPS) is 37.4. The maximum atomic E-state index is 10.1. The van der Waals surface area contributed by atoms with Crippen molar-refractivity contribution in [1.82, 2.24) is 5.32 Å². The summed E-state index contributed by atoms with van der Waals surface area (Å²) in [5, 5.41) is 14.5. The lowest BCUT2D eigenvalue weighted by Crippen LogP contribution is -2.51. The second kappa shape index (κ2) is 4.67. The maximum absolute atomic E-state index is 10.1. The van der Waals surface area contributed by atoms with Crippen LogP contribution in [0.25, 0.3) is 0 Å². The maximum Gasteiger partial charge on any atom is 0.0762 e. The fourth-order valence-corrected chi connectivity index (χ4v) is 2.91. The lowest BCUT2D eigenvalue weighted by Gasteiger charge is -2.38. The van der Waals surface area contributed by atoms with E-state index in [4.69, 9.17) is 0 Å². The quantitative estimate of drug-likeness (QED) is 0.731. The zero-order chi connectivity index (χ0) is 9.90. The molecule has 0 bridgehead atoms. The molecular formula is C10H21NOS. The van der Waals surface area contributed by atoms with E-state index in [1.54, 1.807) is 0 Å². The number of rotatable bonds is 3. The van der Waals surface area contributed by atoms with Gasteiger partial charge in [0.2, 0.25) is 0 Å². The number of thioether (sulfide) groups is 1. The molecule has 1 aliphatic rings. The van der Waals surface area contributed by atoms with Crippen LogP contribution in [0.1, 0.15) is 33.6 Å². The van der Waals surface area contributed by atoms with Gasteiger partial charge in [0.25, 0.3) is 0 Å². The Morgan fingerprint density at radius 1 is 1.69 bits per heavy atom. The molecule has 2 nitrogen and oxygen atoms in total. The molecule has 0 spiro atoms. The average molecular weight is 203 g/mol. The highest BCUT2D eigenvalue weighted by Gasteiger charge is 2.35. The van der Waals surface area contributed by atoms with Gasteiger partial charge in [-0.05, 0) is 26.3 Å². The van der Waals surface area contributed by atoms with Crippen LogP contribution in [0.3, 0.4) is 0 Å². The van der Waals surface area contributed by atoms with E-state index < -0.39 is 5.60 Å². The van der Waals surface area contributed by atoms with E-state index in [-0.39, 0.29) is 0 Å². The third kappa shape index (κ3) is 3.15. The minimum atomic E-state index is -0.473. The van der Waals surface area contributed by atoms with E-state index >= 15 is 0 Å². The van der Waals surface area contributed by atoms with E-state index in [9.17, 15) is 5.11 Å². The van der Waals surface area contributed by atoms with Gasteiger partial charge >= 0.3 is 0 Å². The third-order valence-corrected chi connectivity index (χ3v) is 4.60. The van der Waals surface area contributed by atoms with Crippen molar-refractivity contribution in [2.75, 3.05) is 13.1 Å². The molecule has 0 aliphatic carbocycles. The van der Waals surface area contributed by atoms with Crippen LogP contribution in [0.15, 0.2) is 0 Å². The SMILES string of the molecule is CCC(C)SC1CNCCC1(C)O. The van der Waals surface area contributed by atoms with Crippen LogP contribution in [0.4, 0.5) is 0 Å². The Bertz CT molecular complexity index is 161. The monoisotopic (exact) mass is 203 g/mol. The van der Waals surface area contributed by atoms with Crippen molar-refractivity contribution >= 4 is 11.8 Å². The molecule has 2 N–H and O–H groups in total. The molecule has 0 aromatic rings. The zero-order valence-electron chi connectivity index (χ0n) is 8.84. The van der Waals surface area contributed by atoms with Crippen molar-refractivity contribution in [2.45, 2.75) is 49.7 Å². The molecule has 1 saturated heterocycles. The minimum absolute atomic E-state index is 0.358. The number of hydrogen-bond acceptors (Lipinski definition) is 3. The van der Waals surface area contributed by atoms with Gasteiger partial charge in [0.1, 0.15) is 0 Å². The van der Waals surface area contributed by atoms with Crippen LogP contribution >= 0.6 is 11.8 Å². The fourth-order valence-electron chi connectivity index (χ4n) is 1.53. The van der Waals surface area contributed by atoms with Crippen molar-refractivity contribution in [3.05, 3.63) is 0 Å². The number of aliphatic hydroxyl groups is 1. The van der Waals surface area contributed by atoms with E-state index in [1.807, 2.05) is 18.7 Å². The predicted molar refractivity (Wildman–Crippen MR) is 59.2 cm³/mol. The van der Waals surface area contributed by atoms with Gasteiger partial charge in [-0.1, -0.05) is 13.8 Å². The van der Waals surface area contributed by atoms with Gasteiger partial charge in [-0.3, -0.25) is 0 Å². The molecule has 1 fully saturated rings. The average Bonchev–Trinajstić information content (AvgIpc) is 2.08. The van der Waals surface area contributed by atoms with Crippen LogP contribution in [-0.4, -0.2) is 34.3 Å². The highest BCUT2D eigenvalue weighted by Crippen LogP contribution is 2.31. The van der Waals surface area contributed by atoms with E-state index in [2.05, 4.69) is 19.2 Å². The molecule has 1 rings (SSSR count). The Balaban J connectivity index is 2.46. The van der Waals surface area contributed by atoms with Crippen molar-refractivity contribution in [3.63, 3.8) is 0 Å². The second-order valence-corrected chi connectivity index (χ2v) is 5.80. The summed E-state index contributed by atoms with van der Waals surface area (Å²) in [6.07, 6.45) is 2.05. The summed E-state index contributed by atoms with van der Waals surface area (Å²) in [6.45, 7) is 8.29. The fraction of sp³-hybridized carbons (Fsp3) is 1.00. The first-order valence-electron chi connectivity index (χ1n) is 5.15. The summed E-state index contributed by atoms with van der Waals surface area (Å²) in [4.78, 5) is 0. The lowest BCUT2D eigenvalue weighted by molar-refractivity contribution is 0.0354. The van der Waals surface area contributed by atoms with Crippen LogP contribution in [0.2, 0.25) is 0 Å². The molecule has 78 valence electrons. The summed E-state index contributed by atoms with van der Waals surface area (Å²) in [5.41, 5.74) is -0.473. The molecular weight excluding hydrogens is 182 g/mol. The lowest BCUT2D eigenvalue weighted by atomic mass is 9.94. The Labute approximate surface area is 85.5 Å². The van der Waals surface area contributed by atoms with Gasteiger partial charge in [-0.2, -0.15) is 11.8 Å². The molecule has 0 amide bonds. The first kappa shape index (κ1) is 11.3. The molecule has 1 heterocycles. The van der Waals surface area contributed by atoms with Gasteiger partial charge in [0.05, 0.1) is 5.60 Å². The Morgan fingerprint density at radius 2 is 2.38 bits per heavy atom. The standard InChI is InChI=1S/C10H21NOS/c1-4-8(2)13-9-7-11-6-5-10(9,3)12/h8-9,11-12H,4-7H2,1-3H3. The van der Waals surface area contributed by atoms with Crippen molar-refractivity contribution < 1.29 is 5.11 Å². The van der Waals surface area contributed by atoms with Gasteiger partial charge in [0, 0.05) is 17.0 Å². The largest absolute Gasteiger partial charge is 0.389 e. The first-order valence-corrected chi connectivity index (χ1v) is 6.09. The molecule has 0 saturated carbocycles. The van der Waals surface area contributed by atoms with E-state index in [0.29, 0.717) is 10.5 Å². The summed E-state index contributed by atoms with van der Waals surface area (Å²) in [5.74, 6) is 0. The van der Waals surface area contributed by atoms with E-state index in [0.717, 1.165) is 19.5 Å². The van der Waals surface area contributed by atoms with Crippen LogP contribution < -0.4 is 5.32 Å². The molecule has 13 heavy (non-hydrogen) atoms. The summed E-state index contributed by atoms with van der Waals surface area (Å²) in [6, 6.07) is 0. The molecule has 0 aromatic heterocycles. The smallest absolute Gasteiger partial charge is 0.0762 e. The van der Waals surface area contributed by atoms with Crippen LogP contribution in [0, 0.1) is 0 Å². The topological polar surface area (TPSA) is 32.3 Å². The first-order chi connectivity index (χ1) is 6.06. The molecule has 3 unspecified atom stereocenters. The van der Waals surface area contributed by atoms with Gasteiger partial charge in [0.15, 0.2) is 0 Å². The molecule has 3 atom stereocenters. The molecule has 0 aromatic carbocycles. The van der Waals surface area contributed by atoms with Gasteiger partial charge in [-0.25, -0.2) is 0 Å². The van der Waals surface area contributed by atoms with Crippen LogP contribution in [-0.2, 0) is 0 Å². The minimum Gasteiger partial charge on any atom is -0.389 e. The predicted octanol–water partition coefficient (Wildman–Crippen LogP) is 1.63. The van der Waals surface area contributed by atoms with Crippen molar-refractivity contribution in [3.8, 4) is 0 Å². The summed E-state index contributed by atoms with van der Waals surface area (Å²) >= 11 is 1.91. The number of hydrogen-bond donors (Lipinski definition) is 2. The second-order valence-electron chi connectivity index (χ2n) is 4.15. The molecule has 1 aliphatic heterocycles. The van der Waals surface area contributed by atoms with E-state index in [1.165, 1.54) is 6.42 Å². The Hall–Kier alpha value is 0.270. The van der Waals surface area contributed by atoms with Gasteiger partial charge in [-0.15, -0.1) is 0 Å². The van der Waals surface area contributed by atoms with Crippen LogP contribution in [0.5, 0.6) is 0 Å². The van der Waals surface area contributed by atoms with Crippen molar-refractivity contribution in [1.29, 1.82) is 0 Å². The molecule has 0 radical (unpaired) electrons.